The number of pyridine rings is 1. The zero-order chi connectivity index (χ0) is 14.8. The molecule has 0 amide bonds. The Balaban J connectivity index is 2.12. The molecule has 3 heteroatoms. The second kappa shape index (κ2) is 6.34. The average Bonchev–Trinajstić information content (AvgIpc) is 2.63. The van der Waals surface area contributed by atoms with Gasteiger partial charge >= 0.3 is 0 Å². The Morgan fingerprint density at radius 3 is 2.65 bits per heavy atom. The molecule has 0 radical (unpaired) electrons. The molecule has 1 aliphatic heterocycles. The zero-order valence-electron chi connectivity index (χ0n) is 13.2. The molecule has 1 aliphatic rings. The molecule has 2 heterocycles. The van der Waals surface area contributed by atoms with E-state index in [2.05, 4.69) is 44.7 Å². The highest BCUT2D eigenvalue weighted by Crippen LogP contribution is 2.35. The topological polar surface area (TPSA) is 16.1 Å². The standard InChI is InChI=1S/C17H27ClN2/c1-13-10-14(12-18)11-16(19-13)20-8-5-6-15(7-9-20)17(2,3)4/h10-11,15H,5-9,12H2,1-4H3. The lowest BCUT2D eigenvalue weighted by atomic mass is 9.77. The summed E-state index contributed by atoms with van der Waals surface area (Å²) in [6, 6.07) is 4.23. The molecule has 0 bridgehead atoms. The second-order valence-corrected chi connectivity index (χ2v) is 7.36. The minimum atomic E-state index is 0.414. The summed E-state index contributed by atoms with van der Waals surface area (Å²) in [6.07, 6.45) is 3.84. The molecule has 0 N–H and O–H groups in total. The van der Waals surface area contributed by atoms with Gasteiger partial charge in [-0.05, 0) is 55.2 Å². The Morgan fingerprint density at radius 1 is 1.25 bits per heavy atom. The molecule has 1 saturated heterocycles. The Kier molecular flexibility index (Phi) is 4.95. The lowest BCUT2D eigenvalue weighted by Gasteiger charge is -2.30. The summed E-state index contributed by atoms with van der Waals surface area (Å²) in [5.74, 6) is 2.48. The third kappa shape index (κ3) is 3.88. The molecular formula is C17H27ClN2. The molecule has 1 aromatic heterocycles. The predicted molar refractivity (Wildman–Crippen MR) is 87.5 cm³/mol. The first-order chi connectivity index (χ1) is 9.40. The highest BCUT2D eigenvalue weighted by Gasteiger charge is 2.27. The molecule has 1 fully saturated rings. The van der Waals surface area contributed by atoms with Crippen molar-refractivity contribution >= 4 is 17.4 Å². The molecule has 1 aromatic rings. The zero-order valence-corrected chi connectivity index (χ0v) is 14.0. The normalized spacial score (nSPS) is 20.9. The molecule has 0 aliphatic carbocycles. The summed E-state index contributed by atoms with van der Waals surface area (Å²) >= 11 is 5.98. The van der Waals surface area contributed by atoms with E-state index >= 15 is 0 Å². The number of hydrogen-bond acceptors (Lipinski definition) is 2. The summed E-state index contributed by atoms with van der Waals surface area (Å²) in [5.41, 5.74) is 2.65. The number of aromatic nitrogens is 1. The number of anilines is 1. The number of rotatable bonds is 2. The van der Waals surface area contributed by atoms with Crippen molar-refractivity contribution in [1.82, 2.24) is 4.98 Å². The fraction of sp³-hybridized carbons (Fsp3) is 0.706. The third-order valence-corrected chi connectivity index (χ3v) is 4.74. The highest BCUT2D eigenvalue weighted by molar-refractivity contribution is 6.17. The van der Waals surface area contributed by atoms with Crippen molar-refractivity contribution in [3.8, 4) is 0 Å². The van der Waals surface area contributed by atoms with Gasteiger partial charge in [0.05, 0.1) is 0 Å². The Hall–Kier alpha value is -0.760. The van der Waals surface area contributed by atoms with Crippen molar-refractivity contribution in [1.29, 1.82) is 0 Å². The Bertz CT molecular complexity index is 451. The maximum absolute atomic E-state index is 5.98. The smallest absolute Gasteiger partial charge is 0.129 e. The number of halogens is 1. The fourth-order valence-corrected chi connectivity index (χ4v) is 3.31. The van der Waals surface area contributed by atoms with Crippen molar-refractivity contribution in [2.45, 2.75) is 52.8 Å². The molecule has 2 rings (SSSR count). The quantitative estimate of drug-likeness (QED) is 0.730. The van der Waals surface area contributed by atoms with E-state index in [9.17, 15) is 0 Å². The van der Waals surface area contributed by atoms with Crippen molar-refractivity contribution in [2.75, 3.05) is 18.0 Å². The van der Waals surface area contributed by atoms with Gasteiger partial charge in [-0.1, -0.05) is 20.8 Å². The predicted octanol–water partition coefficient (Wildman–Crippen LogP) is 4.78. The number of nitrogens with zero attached hydrogens (tertiary/aromatic N) is 2. The SMILES string of the molecule is Cc1cc(CCl)cc(N2CCCC(C(C)(C)C)CC2)n1. The minimum absolute atomic E-state index is 0.414. The van der Waals surface area contributed by atoms with Gasteiger partial charge in [0.1, 0.15) is 5.82 Å². The van der Waals surface area contributed by atoms with E-state index < -0.39 is 0 Å². The van der Waals surface area contributed by atoms with Crippen LogP contribution in [-0.4, -0.2) is 18.1 Å². The van der Waals surface area contributed by atoms with Gasteiger partial charge in [-0.25, -0.2) is 4.98 Å². The first-order valence-electron chi connectivity index (χ1n) is 7.68. The van der Waals surface area contributed by atoms with Crippen LogP contribution in [0.4, 0.5) is 5.82 Å². The van der Waals surface area contributed by atoms with Crippen LogP contribution >= 0.6 is 11.6 Å². The van der Waals surface area contributed by atoms with Gasteiger partial charge in [-0.3, -0.25) is 0 Å². The van der Waals surface area contributed by atoms with Crippen LogP contribution in [0.2, 0.25) is 0 Å². The lowest BCUT2D eigenvalue weighted by Crippen LogP contribution is -2.27. The van der Waals surface area contributed by atoms with E-state index in [1.54, 1.807) is 0 Å². The maximum Gasteiger partial charge on any atom is 0.129 e. The molecule has 20 heavy (non-hydrogen) atoms. The van der Waals surface area contributed by atoms with Gasteiger partial charge in [-0.2, -0.15) is 0 Å². The molecule has 1 atom stereocenters. The van der Waals surface area contributed by atoms with E-state index in [4.69, 9.17) is 16.6 Å². The van der Waals surface area contributed by atoms with Crippen LogP contribution in [0.3, 0.4) is 0 Å². The maximum atomic E-state index is 5.98. The lowest BCUT2D eigenvalue weighted by molar-refractivity contribution is 0.220. The van der Waals surface area contributed by atoms with E-state index in [0.29, 0.717) is 11.3 Å². The fourth-order valence-electron chi connectivity index (χ4n) is 3.15. The number of alkyl halides is 1. The Labute approximate surface area is 128 Å². The molecule has 0 saturated carbocycles. The van der Waals surface area contributed by atoms with Gasteiger partial charge in [0.15, 0.2) is 0 Å². The third-order valence-electron chi connectivity index (χ3n) is 4.43. The van der Waals surface area contributed by atoms with Gasteiger partial charge < -0.3 is 4.90 Å². The van der Waals surface area contributed by atoms with Crippen LogP contribution in [0.5, 0.6) is 0 Å². The van der Waals surface area contributed by atoms with Crippen LogP contribution in [0.25, 0.3) is 0 Å². The molecular weight excluding hydrogens is 268 g/mol. The Morgan fingerprint density at radius 2 is 2.00 bits per heavy atom. The molecule has 2 nitrogen and oxygen atoms in total. The summed E-state index contributed by atoms with van der Waals surface area (Å²) in [6.45, 7) is 11.4. The molecule has 1 unspecified atom stereocenters. The van der Waals surface area contributed by atoms with Gasteiger partial charge in [0.25, 0.3) is 0 Å². The molecule has 112 valence electrons. The first kappa shape index (κ1) is 15.6. The average molecular weight is 295 g/mol. The van der Waals surface area contributed by atoms with Crippen LogP contribution in [0.15, 0.2) is 12.1 Å². The largest absolute Gasteiger partial charge is 0.357 e. The van der Waals surface area contributed by atoms with Crippen molar-refractivity contribution in [3.05, 3.63) is 23.4 Å². The van der Waals surface area contributed by atoms with Crippen LogP contribution in [-0.2, 0) is 5.88 Å². The van der Waals surface area contributed by atoms with E-state index in [1.807, 2.05) is 0 Å². The van der Waals surface area contributed by atoms with Crippen LogP contribution in [0.1, 0.15) is 51.3 Å². The number of aryl methyl sites for hydroxylation is 1. The van der Waals surface area contributed by atoms with E-state index in [-0.39, 0.29) is 0 Å². The monoisotopic (exact) mass is 294 g/mol. The summed E-state index contributed by atoms with van der Waals surface area (Å²) in [7, 11) is 0. The van der Waals surface area contributed by atoms with E-state index in [1.165, 1.54) is 24.8 Å². The number of hydrogen-bond donors (Lipinski definition) is 0. The summed E-state index contributed by atoms with van der Waals surface area (Å²) < 4.78 is 0. The van der Waals surface area contributed by atoms with Crippen molar-refractivity contribution < 1.29 is 0 Å². The second-order valence-electron chi connectivity index (χ2n) is 7.09. The van der Waals surface area contributed by atoms with Gasteiger partial charge in [0, 0.05) is 24.7 Å². The van der Waals surface area contributed by atoms with Crippen LogP contribution in [0, 0.1) is 18.3 Å². The van der Waals surface area contributed by atoms with Crippen molar-refractivity contribution in [2.24, 2.45) is 11.3 Å². The van der Waals surface area contributed by atoms with Crippen LogP contribution < -0.4 is 4.90 Å². The molecule has 0 spiro atoms. The minimum Gasteiger partial charge on any atom is -0.357 e. The summed E-state index contributed by atoms with van der Waals surface area (Å²) in [5, 5.41) is 0. The van der Waals surface area contributed by atoms with Crippen molar-refractivity contribution in [3.63, 3.8) is 0 Å². The van der Waals surface area contributed by atoms with Gasteiger partial charge in [-0.15, -0.1) is 11.6 Å². The molecule has 0 aromatic carbocycles. The summed E-state index contributed by atoms with van der Waals surface area (Å²) in [4.78, 5) is 7.14. The first-order valence-corrected chi connectivity index (χ1v) is 8.22. The van der Waals surface area contributed by atoms with Gasteiger partial charge in [0.2, 0.25) is 0 Å². The highest BCUT2D eigenvalue weighted by atomic mass is 35.5. The van der Waals surface area contributed by atoms with E-state index in [0.717, 1.165) is 30.5 Å².